The predicted octanol–water partition coefficient (Wildman–Crippen LogP) is 1.75. The van der Waals surface area contributed by atoms with E-state index in [-0.39, 0.29) is 11.2 Å². The maximum absolute atomic E-state index is 11.6. The summed E-state index contributed by atoms with van der Waals surface area (Å²) in [6, 6.07) is 0. The Labute approximate surface area is 108 Å². The summed E-state index contributed by atoms with van der Waals surface area (Å²) in [4.78, 5) is 15.7. The van der Waals surface area contributed by atoms with Gasteiger partial charge in [-0.05, 0) is 49.1 Å². The summed E-state index contributed by atoms with van der Waals surface area (Å²) in [6.07, 6.45) is 1.22. The van der Waals surface area contributed by atoms with Crippen molar-refractivity contribution in [3.63, 3.8) is 0 Å². The van der Waals surface area contributed by atoms with Gasteiger partial charge in [0.1, 0.15) is 5.01 Å². The molecule has 94 valence electrons. The van der Waals surface area contributed by atoms with Gasteiger partial charge >= 0.3 is 5.97 Å². The molecule has 0 radical (unpaired) electrons. The molecule has 7 heteroatoms. The maximum Gasteiger partial charge on any atom is 0.310 e. The third-order valence-electron chi connectivity index (χ3n) is 3.54. The van der Waals surface area contributed by atoms with Crippen LogP contribution in [-0.2, 0) is 4.79 Å². The summed E-state index contributed by atoms with van der Waals surface area (Å²) >= 11 is 6.89. The van der Waals surface area contributed by atoms with Gasteiger partial charge in [0.2, 0.25) is 5.28 Å². The van der Waals surface area contributed by atoms with Gasteiger partial charge in [-0.1, -0.05) is 6.92 Å². The molecule has 17 heavy (non-hydrogen) atoms. The number of carboxylic acids is 1. The number of hydrogen-bond acceptors (Lipinski definition) is 5. The van der Waals surface area contributed by atoms with E-state index < -0.39 is 11.4 Å². The van der Waals surface area contributed by atoms with E-state index in [0.717, 1.165) is 13.1 Å². The van der Waals surface area contributed by atoms with Crippen molar-refractivity contribution in [2.24, 2.45) is 5.41 Å². The Hall–Kier alpha value is -0.720. The van der Waals surface area contributed by atoms with E-state index in [0.29, 0.717) is 17.8 Å². The van der Waals surface area contributed by atoms with Gasteiger partial charge in [0.05, 0.1) is 5.41 Å². The molecule has 0 spiro atoms. The van der Waals surface area contributed by atoms with Crippen LogP contribution in [-0.4, -0.2) is 33.5 Å². The predicted molar refractivity (Wildman–Crippen MR) is 65.5 cm³/mol. The lowest BCUT2D eigenvalue weighted by atomic mass is 9.70. The Morgan fingerprint density at radius 2 is 2.24 bits per heavy atom. The van der Waals surface area contributed by atoms with Crippen molar-refractivity contribution >= 4 is 29.1 Å². The SMILES string of the molecule is CC(c1nc(Cl)ns1)C1(C(=O)O)CCNCC1. The average molecular weight is 276 g/mol. The Balaban J connectivity index is 2.30. The fraction of sp³-hybridized carbons (Fsp3) is 0.700. The quantitative estimate of drug-likeness (QED) is 0.879. The summed E-state index contributed by atoms with van der Waals surface area (Å²) in [7, 11) is 0. The number of hydrogen-bond donors (Lipinski definition) is 2. The zero-order chi connectivity index (χ0) is 12.5. The molecule has 1 fully saturated rings. The van der Waals surface area contributed by atoms with E-state index in [1.54, 1.807) is 0 Å². The summed E-state index contributed by atoms with van der Waals surface area (Å²) in [6.45, 7) is 3.35. The maximum atomic E-state index is 11.6. The van der Waals surface area contributed by atoms with Gasteiger partial charge in [0.25, 0.3) is 0 Å². The largest absolute Gasteiger partial charge is 0.481 e. The van der Waals surface area contributed by atoms with Crippen LogP contribution in [0.15, 0.2) is 0 Å². The Kier molecular flexibility index (Phi) is 3.65. The van der Waals surface area contributed by atoms with Crippen LogP contribution in [0.25, 0.3) is 0 Å². The highest BCUT2D eigenvalue weighted by atomic mass is 35.5. The highest BCUT2D eigenvalue weighted by molar-refractivity contribution is 7.05. The van der Waals surface area contributed by atoms with Gasteiger partial charge in [-0.15, -0.1) is 0 Å². The van der Waals surface area contributed by atoms with Gasteiger partial charge < -0.3 is 10.4 Å². The summed E-state index contributed by atoms with van der Waals surface area (Å²) < 4.78 is 3.91. The molecule has 0 saturated carbocycles. The smallest absolute Gasteiger partial charge is 0.310 e. The first-order valence-corrected chi connectivity index (χ1v) is 6.64. The monoisotopic (exact) mass is 275 g/mol. The third-order valence-corrected chi connectivity index (χ3v) is 4.70. The first-order chi connectivity index (χ1) is 8.06. The average Bonchev–Trinajstić information content (AvgIpc) is 2.75. The number of carboxylic acid groups (broad SMARTS) is 1. The molecule has 1 saturated heterocycles. The second-order valence-corrected chi connectivity index (χ2v) is 5.46. The lowest BCUT2D eigenvalue weighted by molar-refractivity contribution is -0.152. The van der Waals surface area contributed by atoms with Crippen molar-refractivity contribution in [2.45, 2.75) is 25.7 Å². The molecule has 0 aromatic carbocycles. The van der Waals surface area contributed by atoms with Crippen molar-refractivity contribution in [3.8, 4) is 0 Å². The minimum Gasteiger partial charge on any atom is -0.481 e. The summed E-state index contributed by atoms with van der Waals surface area (Å²) in [5.41, 5.74) is -0.742. The molecule has 2 rings (SSSR count). The number of aromatic nitrogens is 2. The van der Waals surface area contributed by atoms with Gasteiger partial charge in [-0.2, -0.15) is 4.37 Å². The second kappa shape index (κ2) is 4.88. The van der Waals surface area contributed by atoms with Gasteiger partial charge in [0.15, 0.2) is 0 Å². The highest BCUT2D eigenvalue weighted by Crippen LogP contribution is 2.43. The number of carbonyl (C=O) groups is 1. The zero-order valence-electron chi connectivity index (χ0n) is 9.44. The van der Waals surface area contributed by atoms with E-state index in [1.165, 1.54) is 11.5 Å². The van der Waals surface area contributed by atoms with E-state index in [2.05, 4.69) is 14.7 Å². The van der Waals surface area contributed by atoms with Gasteiger partial charge in [-0.3, -0.25) is 4.79 Å². The molecular formula is C10H14ClN3O2S. The first-order valence-electron chi connectivity index (χ1n) is 5.49. The van der Waals surface area contributed by atoms with Crippen LogP contribution < -0.4 is 5.32 Å². The summed E-state index contributed by atoms with van der Waals surface area (Å²) in [5.74, 6) is -0.912. The molecule has 1 aliphatic rings. The minimum atomic E-state index is -0.752. The number of nitrogens with one attached hydrogen (secondary N) is 1. The van der Waals surface area contributed by atoms with Crippen LogP contribution in [0.3, 0.4) is 0 Å². The molecule has 0 aliphatic carbocycles. The molecule has 0 amide bonds. The molecule has 2 heterocycles. The van der Waals surface area contributed by atoms with Crippen molar-refractivity contribution in [3.05, 3.63) is 10.3 Å². The number of halogens is 1. The molecule has 0 bridgehead atoms. The van der Waals surface area contributed by atoms with Crippen molar-refractivity contribution < 1.29 is 9.90 Å². The Bertz CT molecular complexity index is 417. The van der Waals surface area contributed by atoms with Gasteiger partial charge in [0, 0.05) is 5.92 Å². The second-order valence-electron chi connectivity index (χ2n) is 4.33. The normalized spacial score (nSPS) is 21.1. The van der Waals surface area contributed by atoms with E-state index in [9.17, 15) is 9.90 Å². The molecular weight excluding hydrogens is 262 g/mol. The molecule has 5 nitrogen and oxygen atoms in total. The van der Waals surface area contributed by atoms with E-state index >= 15 is 0 Å². The number of aliphatic carboxylic acids is 1. The number of piperidine rings is 1. The van der Waals surface area contributed by atoms with Gasteiger partial charge in [-0.25, -0.2) is 4.98 Å². The third kappa shape index (κ3) is 2.29. The topological polar surface area (TPSA) is 75.1 Å². The Morgan fingerprint density at radius 3 is 2.71 bits per heavy atom. The minimum absolute atomic E-state index is 0.160. The standard InChI is InChI=1S/C10H14ClN3O2S/c1-6(7-13-9(11)14-17-7)10(8(15)16)2-4-12-5-3-10/h6,12H,2-5H2,1H3,(H,15,16). The van der Waals surface area contributed by atoms with Crippen LogP contribution >= 0.6 is 23.1 Å². The van der Waals surface area contributed by atoms with Crippen LogP contribution in [0.4, 0.5) is 0 Å². The summed E-state index contributed by atoms with van der Waals surface area (Å²) in [5, 5.41) is 13.6. The molecule has 1 aromatic rings. The molecule has 1 atom stereocenters. The van der Waals surface area contributed by atoms with Crippen molar-refractivity contribution in [1.29, 1.82) is 0 Å². The highest BCUT2D eigenvalue weighted by Gasteiger charge is 2.46. The van der Waals surface area contributed by atoms with Crippen molar-refractivity contribution in [1.82, 2.24) is 14.7 Å². The van der Waals surface area contributed by atoms with Crippen molar-refractivity contribution in [2.75, 3.05) is 13.1 Å². The molecule has 2 N–H and O–H groups in total. The molecule has 1 aliphatic heterocycles. The van der Waals surface area contributed by atoms with Crippen LogP contribution in [0.2, 0.25) is 5.28 Å². The number of nitrogens with zero attached hydrogens (tertiary/aromatic N) is 2. The fourth-order valence-corrected chi connectivity index (χ4v) is 3.30. The lowest BCUT2D eigenvalue weighted by Gasteiger charge is -2.37. The first kappa shape index (κ1) is 12.7. The van der Waals surface area contributed by atoms with Crippen LogP contribution in [0, 0.1) is 5.41 Å². The van der Waals surface area contributed by atoms with E-state index in [4.69, 9.17) is 11.6 Å². The fourth-order valence-electron chi connectivity index (χ4n) is 2.33. The molecule has 1 unspecified atom stereocenters. The van der Waals surface area contributed by atoms with E-state index in [1.807, 2.05) is 6.92 Å². The zero-order valence-corrected chi connectivity index (χ0v) is 11.0. The molecule has 1 aromatic heterocycles. The number of rotatable bonds is 3. The van der Waals surface area contributed by atoms with Crippen LogP contribution in [0.1, 0.15) is 30.7 Å². The lowest BCUT2D eigenvalue weighted by Crippen LogP contribution is -2.45. The Morgan fingerprint density at radius 1 is 1.59 bits per heavy atom. The van der Waals surface area contributed by atoms with Crippen LogP contribution in [0.5, 0.6) is 0 Å².